The first-order valence-corrected chi connectivity index (χ1v) is 6.73. The summed E-state index contributed by atoms with van der Waals surface area (Å²) in [5.41, 5.74) is 0. The molecule has 0 amide bonds. The average Bonchev–Trinajstić information content (AvgIpc) is 2.92. The molecule has 1 unspecified atom stereocenters. The van der Waals surface area contributed by atoms with Crippen LogP contribution in [0, 0.1) is 5.92 Å². The van der Waals surface area contributed by atoms with E-state index in [-0.39, 0.29) is 0 Å². The van der Waals surface area contributed by atoms with Crippen LogP contribution in [0.5, 0.6) is 5.75 Å². The van der Waals surface area contributed by atoms with Crippen LogP contribution in [0.1, 0.15) is 6.42 Å². The van der Waals surface area contributed by atoms with Crippen LogP contribution in [0.3, 0.4) is 0 Å². The second-order valence-corrected chi connectivity index (χ2v) is 5.17. The zero-order chi connectivity index (χ0) is 12.4. The van der Waals surface area contributed by atoms with Gasteiger partial charge in [-0.25, -0.2) is 0 Å². The maximum atomic E-state index is 6.19. The Morgan fingerprint density at radius 1 is 1.17 bits per heavy atom. The van der Waals surface area contributed by atoms with Crippen LogP contribution in [0.25, 0.3) is 10.8 Å². The van der Waals surface area contributed by atoms with Gasteiger partial charge in [0.15, 0.2) is 0 Å². The highest BCUT2D eigenvalue weighted by Gasteiger charge is 2.15. The summed E-state index contributed by atoms with van der Waals surface area (Å²) in [7, 11) is 0. The number of halogens is 1. The van der Waals surface area contributed by atoms with Crippen molar-refractivity contribution in [2.75, 3.05) is 19.7 Å². The third-order valence-corrected chi connectivity index (χ3v) is 3.80. The van der Waals surface area contributed by atoms with Gasteiger partial charge >= 0.3 is 0 Å². The summed E-state index contributed by atoms with van der Waals surface area (Å²) in [6.07, 6.45) is 1.20. The quantitative estimate of drug-likeness (QED) is 0.913. The lowest BCUT2D eigenvalue weighted by molar-refractivity contribution is 0.263. The maximum absolute atomic E-state index is 6.19. The second-order valence-electron chi connectivity index (χ2n) is 4.76. The minimum atomic E-state index is 0.624. The molecule has 0 saturated carbocycles. The van der Waals surface area contributed by atoms with Gasteiger partial charge in [0.25, 0.3) is 0 Å². The topological polar surface area (TPSA) is 21.3 Å². The zero-order valence-electron chi connectivity index (χ0n) is 10.2. The van der Waals surface area contributed by atoms with Gasteiger partial charge in [-0.3, -0.25) is 0 Å². The Hall–Kier alpha value is -1.25. The fourth-order valence-corrected chi connectivity index (χ4v) is 2.65. The van der Waals surface area contributed by atoms with E-state index >= 15 is 0 Å². The second kappa shape index (κ2) is 5.17. The van der Waals surface area contributed by atoms with Crippen molar-refractivity contribution in [2.45, 2.75) is 6.42 Å². The Balaban J connectivity index is 1.85. The van der Waals surface area contributed by atoms with E-state index in [1.165, 1.54) is 6.42 Å². The van der Waals surface area contributed by atoms with Gasteiger partial charge in [-0.1, -0.05) is 35.9 Å². The maximum Gasteiger partial charge on any atom is 0.127 e. The van der Waals surface area contributed by atoms with E-state index in [2.05, 4.69) is 11.4 Å². The number of rotatable bonds is 3. The van der Waals surface area contributed by atoms with E-state index < -0.39 is 0 Å². The first kappa shape index (κ1) is 11.8. The Morgan fingerprint density at radius 2 is 2.00 bits per heavy atom. The van der Waals surface area contributed by atoms with Crippen LogP contribution in [-0.2, 0) is 0 Å². The van der Waals surface area contributed by atoms with Crippen molar-refractivity contribution in [1.82, 2.24) is 5.32 Å². The summed E-state index contributed by atoms with van der Waals surface area (Å²) in [6, 6.07) is 12.0. The van der Waals surface area contributed by atoms with E-state index in [9.17, 15) is 0 Å². The lowest BCUT2D eigenvalue weighted by Crippen LogP contribution is -2.15. The lowest BCUT2D eigenvalue weighted by Gasteiger charge is -2.13. The highest BCUT2D eigenvalue weighted by atomic mass is 35.5. The number of hydrogen-bond acceptors (Lipinski definition) is 2. The van der Waals surface area contributed by atoms with Crippen LogP contribution in [-0.4, -0.2) is 19.7 Å². The molecule has 1 saturated heterocycles. The molecule has 2 aromatic rings. The predicted octanol–water partition coefficient (Wildman–Crippen LogP) is 3.48. The molecule has 1 aliphatic rings. The molecule has 18 heavy (non-hydrogen) atoms. The monoisotopic (exact) mass is 261 g/mol. The highest BCUT2D eigenvalue weighted by Crippen LogP contribution is 2.31. The van der Waals surface area contributed by atoms with Gasteiger partial charge in [0.2, 0.25) is 0 Å². The first-order valence-electron chi connectivity index (χ1n) is 6.35. The Kier molecular flexibility index (Phi) is 3.39. The zero-order valence-corrected chi connectivity index (χ0v) is 10.9. The van der Waals surface area contributed by atoms with E-state index in [0.717, 1.165) is 41.2 Å². The molecule has 1 N–H and O–H groups in total. The number of ether oxygens (including phenoxy) is 1. The molecular weight excluding hydrogens is 246 g/mol. The largest absolute Gasteiger partial charge is 0.493 e. The molecule has 0 radical (unpaired) electrons. The van der Waals surface area contributed by atoms with E-state index in [1.54, 1.807) is 0 Å². The minimum absolute atomic E-state index is 0.624. The van der Waals surface area contributed by atoms with Gasteiger partial charge in [-0.15, -0.1) is 0 Å². The van der Waals surface area contributed by atoms with Gasteiger partial charge < -0.3 is 10.1 Å². The number of fused-ring (bicyclic) bond motifs is 1. The fraction of sp³-hybridized carbons (Fsp3) is 0.333. The van der Waals surface area contributed by atoms with Crippen LogP contribution in [0.15, 0.2) is 36.4 Å². The van der Waals surface area contributed by atoms with Crippen LogP contribution in [0.2, 0.25) is 5.02 Å². The van der Waals surface area contributed by atoms with Gasteiger partial charge in [0.1, 0.15) is 5.75 Å². The molecular formula is C15H16ClNO. The average molecular weight is 262 g/mol. The standard InChI is InChI=1S/C15H16ClNO/c16-14-5-6-15(13-4-2-1-3-12(13)14)18-10-11-7-8-17-9-11/h1-6,11,17H,7-10H2. The van der Waals surface area contributed by atoms with Crippen LogP contribution < -0.4 is 10.1 Å². The molecule has 0 bridgehead atoms. The van der Waals surface area contributed by atoms with Crippen molar-refractivity contribution in [3.05, 3.63) is 41.4 Å². The van der Waals surface area contributed by atoms with E-state index in [1.807, 2.05) is 30.3 Å². The molecule has 1 fully saturated rings. The van der Waals surface area contributed by atoms with Gasteiger partial charge in [0, 0.05) is 28.3 Å². The molecule has 1 aliphatic heterocycles. The molecule has 3 heteroatoms. The number of nitrogens with one attached hydrogen (secondary N) is 1. The number of benzene rings is 2. The molecule has 3 rings (SSSR count). The summed E-state index contributed by atoms with van der Waals surface area (Å²) in [5, 5.41) is 6.28. The van der Waals surface area contributed by atoms with Crippen molar-refractivity contribution >= 4 is 22.4 Å². The Morgan fingerprint density at radius 3 is 2.78 bits per heavy atom. The third-order valence-electron chi connectivity index (χ3n) is 3.47. The highest BCUT2D eigenvalue weighted by molar-refractivity contribution is 6.35. The fourth-order valence-electron chi connectivity index (χ4n) is 2.42. The Labute approximate surface area is 112 Å². The smallest absolute Gasteiger partial charge is 0.127 e. The van der Waals surface area contributed by atoms with Crippen molar-refractivity contribution in [3.63, 3.8) is 0 Å². The first-order chi connectivity index (χ1) is 8.84. The van der Waals surface area contributed by atoms with Crippen LogP contribution in [0.4, 0.5) is 0 Å². The van der Waals surface area contributed by atoms with E-state index in [0.29, 0.717) is 5.92 Å². The summed E-state index contributed by atoms with van der Waals surface area (Å²) in [6.45, 7) is 2.94. The van der Waals surface area contributed by atoms with Crippen molar-refractivity contribution in [1.29, 1.82) is 0 Å². The van der Waals surface area contributed by atoms with Gasteiger partial charge in [-0.05, 0) is 25.1 Å². The normalized spacial score (nSPS) is 19.3. The van der Waals surface area contributed by atoms with Crippen molar-refractivity contribution in [3.8, 4) is 5.75 Å². The van der Waals surface area contributed by atoms with E-state index in [4.69, 9.17) is 16.3 Å². The molecule has 1 atom stereocenters. The molecule has 0 aliphatic carbocycles. The summed E-state index contributed by atoms with van der Waals surface area (Å²) in [4.78, 5) is 0. The lowest BCUT2D eigenvalue weighted by atomic mass is 10.1. The summed E-state index contributed by atoms with van der Waals surface area (Å²) >= 11 is 6.19. The molecule has 94 valence electrons. The van der Waals surface area contributed by atoms with Crippen molar-refractivity contribution in [2.24, 2.45) is 5.92 Å². The van der Waals surface area contributed by atoms with Crippen LogP contribution >= 0.6 is 11.6 Å². The minimum Gasteiger partial charge on any atom is -0.493 e. The molecule has 0 aromatic heterocycles. The summed E-state index contributed by atoms with van der Waals surface area (Å²) in [5.74, 6) is 1.56. The SMILES string of the molecule is Clc1ccc(OCC2CCNC2)c2ccccc12. The van der Waals surface area contributed by atoms with Gasteiger partial charge in [-0.2, -0.15) is 0 Å². The molecule has 0 spiro atoms. The molecule has 2 nitrogen and oxygen atoms in total. The molecule has 1 heterocycles. The predicted molar refractivity (Wildman–Crippen MR) is 75.4 cm³/mol. The number of hydrogen-bond donors (Lipinski definition) is 1. The van der Waals surface area contributed by atoms with Gasteiger partial charge in [0.05, 0.1) is 6.61 Å². The summed E-state index contributed by atoms with van der Waals surface area (Å²) < 4.78 is 5.96. The molecule has 2 aromatic carbocycles. The Bertz CT molecular complexity index is 549. The van der Waals surface area contributed by atoms with Crippen molar-refractivity contribution < 1.29 is 4.74 Å². The third kappa shape index (κ3) is 2.31.